The molecule has 0 spiro atoms. The van der Waals surface area contributed by atoms with Gasteiger partial charge in [0.05, 0.1) is 50.6 Å². The molecule has 0 amide bonds. The highest BCUT2D eigenvalue weighted by atomic mass is 35.5. The van der Waals surface area contributed by atoms with E-state index in [4.69, 9.17) is 64.7 Å². The number of H-pyrrole nitrogens is 8. The highest BCUT2D eigenvalue weighted by molar-refractivity contribution is 6.31. The lowest BCUT2D eigenvalue weighted by molar-refractivity contribution is 1.12. The van der Waals surface area contributed by atoms with Crippen LogP contribution in [0.1, 0.15) is 17.0 Å². The summed E-state index contributed by atoms with van der Waals surface area (Å²) in [6.07, 6.45) is 5.15. The van der Waals surface area contributed by atoms with Gasteiger partial charge in [-0.3, -0.25) is 38.7 Å². The summed E-state index contributed by atoms with van der Waals surface area (Å²) in [6.45, 7) is 6.00. The van der Waals surface area contributed by atoms with Gasteiger partial charge in [0.2, 0.25) is 27.8 Å². The van der Waals surface area contributed by atoms with E-state index < -0.39 is 0 Å². The van der Waals surface area contributed by atoms with E-state index >= 15 is 0 Å². The van der Waals surface area contributed by atoms with Gasteiger partial charge in [-0.2, -0.15) is 0 Å². The first-order valence-corrected chi connectivity index (χ1v) is 48.2. The Balaban J connectivity index is 0.000000108. The second kappa shape index (κ2) is 43.3. The number of aromatic nitrogens is 16. The number of rotatable bonds is 12. The Hall–Kier alpha value is -19.2. The predicted octanol–water partition coefficient (Wildman–Crippen LogP) is 26.4. The van der Waals surface area contributed by atoms with Crippen LogP contribution in [-0.2, 0) is 0 Å². The number of hydrogen-bond acceptors (Lipinski definition) is 15. The van der Waals surface area contributed by atoms with Gasteiger partial charge in [-0.1, -0.05) is 253 Å². The summed E-state index contributed by atoms with van der Waals surface area (Å²) in [5, 5.41) is 6.98. The van der Waals surface area contributed by atoms with Crippen LogP contribution >= 0.6 is 34.8 Å². The van der Waals surface area contributed by atoms with Crippen LogP contribution in [0.3, 0.4) is 0 Å². The smallest absolute Gasteiger partial charge is 0.323 e. The molecule has 23 nitrogen and oxygen atoms in total. The predicted molar refractivity (Wildman–Crippen MR) is 597 cm³/mol. The maximum Gasteiger partial charge on any atom is 0.323 e. The van der Waals surface area contributed by atoms with Crippen LogP contribution in [0.15, 0.2) is 446 Å². The average molecular weight is 1990 g/mol. The third kappa shape index (κ3) is 22.2. The zero-order chi connectivity index (χ0) is 102. The number of nitrogens with one attached hydrogen (secondary N) is 8. The normalized spacial score (nSPS) is 11.0. The number of nitrogens with zero attached hydrogens (tertiary/aromatic N) is 8. The molecular formula is C122H85Cl3N16O7. The van der Waals surface area contributed by atoms with Crippen LogP contribution in [0.4, 0.5) is 0 Å². The van der Waals surface area contributed by atoms with Crippen molar-refractivity contribution in [2.75, 3.05) is 0 Å². The summed E-state index contributed by atoms with van der Waals surface area (Å²) in [4.78, 5) is 142. The molecule has 0 fully saturated rings. The van der Waals surface area contributed by atoms with Crippen molar-refractivity contribution >= 4 is 112 Å². The van der Waals surface area contributed by atoms with Crippen LogP contribution in [0.5, 0.6) is 0 Å². The van der Waals surface area contributed by atoms with E-state index in [0.29, 0.717) is 54.3 Å². The molecule has 26 heteroatoms. The van der Waals surface area contributed by atoms with Crippen LogP contribution in [0.2, 0.25) is 15.1 Å². The summed E-state index contributed by atoms with van der Waals surface area (Å²) in [5.41, 5.74) is 29.4. The first-order chi connectivity index (χ1) is 72.1. The second-order valence-electron chi connectivity index (χ2n) is 34.8. The van der Waals surface area contributed by atoms with Crippen LogP contribution in [0, 0.1) is 20.8 Å². The summed E-state index contributed by atoms with van der Waals surface area (Å²) >= 11 is 18.6. The minimum Gasteiger partial charge on any atom is -0.346 e. The van der Waals surface area contributed by atoms with E-state index in [1.54, 1.807) is 48.9 Å². The number of benzene rings is 10. The van der Waals surface area contributed by atoms with Gasteiger partial charge in [-0.15, -0.1) is 0 Å². The fourth-order valence-corrected chi connectivity index (χ4v) is 18.3. The van der Waals surface area contributed by atoms with E-state index in [1.807, 2.05) is 318 Å². The molecule has 0 saturated heterocycles. The van der Waals surface area contributed by atoms with Gasteiger partial charge >= 0.3 is 5.69 Å². The molecule has 15 aromatic heterocycles. The molecule has 148 heavy (non-hydrogen) atoms. The third-order valence-electron chi connectivity index (χ3n) is 24.4. The first-order valence-electron chi connectivity index (χ1n) is 47.0. The molecule has 0 atom stereocenters. The number of imidazole rings is 1. The highest BCUT2D eigenvalue weighted by Gasteiger charge is 2.22. The number of aryl methyl sites for hydroxylation is 3. The van der Waals surface area contributed by atoms with Gasteiger partial charge in [0.25, 0.3) is 0 Å². The van der Waals surface area contributed by atoms with Crippen molar-refractivity contribution in [3.05, 3.63) is 517 Å². The molecule has 0 unspecified atom stereocenters. The van der Waals surface area contributed by atoms with E-state index in [2.05, 4.69) is 80.2 Å². The third-order valence-corrected chi connectivity index (χ3v) is 25.1. The molecule has 0 aliphatic carbocycles. The Morgan fingerprint density at radius 3 is 0.872 bits per heavy atom. The number of hydrogen-bond donors (Lipinski definition) is 8. The molecular weight excluding hydrogens is 1910 g/mol. The van der Waals surface area contributed by atoms with Crippen molar-refractivity contribution in [2.24, 2.45) is 0 Å². The summed E-state index contributed by atoms with van der Waals surface area (Å²) < 4.78 is 0. The van der Waals surface area contributed by atoms with Gasteiger partial charge in [0, 0.05) is 175 Å². The fourth-order valence-electron chi connectivity index (χ4n) is 17.6. The summed E-state index contributed by atoms with van der Waals surface area (Å²) in [6, 6.07) is 125. The van der Waals surface area contributed by atoms with Gasteiger partial charge in [-0.25, -0.2) is 34.7 Å². The molecule has 25 aromatic rings. The maximum absolute atomic E-state index is 12.2. The Morgan fingerprint density at radius 2 is 0.520 bits per heavy atom. The minimum atomic E-state index is -0.236. The first kappa shape index (κ1) is 96.3. The molecule has 10 aromatic carbocycles. The zero-order valence-electron chi connectivity index (χ0n) is 79.3. The van der Waals surface area contributed by atoms with Gasteiger partial charge in [-0.05, 0) is 199 Å². The molecule has 25 rings (SSSR count). The van der Waals surface area contributed by atoms with Crippen molar-refractivity contribution in [1.29, 1.82) is 0 Å². The SMILES string of the molecule is Cc1cc(-c2cc3ccc(=O)[nH]c3nc2-c2ccccc2)cc(C)n1.Cc1cc(Cl)cc(-c2cc3ccc(=O)[nH]c3nc2-c2ccccc2)c1.O=c1cc[nH]c2nc(-c3ccccc3)c(-c3cccc(Cl)c3)cc12.O=c1ccc2cc(-c3ccc4[nH]c(=O)[nH]c4c3)c(-c3ccccc3)nc2[nH]1.O=c1ccc2cc(-c3cccc(Cl)c3)c(-c3ccccc3)nc2[nH]1.O=c1ccc2cc(-c3ccncc3)c(-c3ccccc3)nc2[nH]1. The second-order valence-corrected chi connectivity index (χ2v) is 36.1. The average Bonchev–Trinajstić information content (AvgIpc) is 1.45. The number of aromatic amines is 8. The Kier molecular flexibility index (Phi) is 28.2. The topological polar surface area (TPSA) is 349 Å². The molecule has 0 aliphatic rings. The lowest BCUT2D eigenvalue weighted by atomic mass is 9.97. The number of pyridine rings is 14. The number of fused-ring (bicyclic) bond motifs is 7. The van der Waals surface area contributed by atoms with Crippen molar-refractivity contribution in [3.63, 3.8) is 0 Å². The minimum absolute atomic E-state index is 0.0564. The zero-order valence-corrected chi connectivity index (χ0v) is 81.6. The van der Waals surface area contributed by atoms with Crippen LogP contribution in [-0.4, -0.2) is 79.7 Å². The van der Waals surface area contributed by atoms with E-state index in [0.717, 1.165) is 189 Å². The molecule has 716 valence electrons. The van der Waals surface area contributed by atoms with E-state index in [9.17, 15) is 33.6 Å². The lowest BCUT2D eigenvalue weighted by Gasteiger charge is -2.12. The quantitative estimate of drug-likeness (QED) is 0.0563. The molecule has 0 aliphatic heterocycles. The van der Waals surface area contributed by atoms with Crippen molar-refractivity contribution in [3.8, 4) is 134 Å². The maximum atomic E-state index is 12.2. The fraction of sp³-hybridized carbons (Fsp3) is 0.0246. The molecule has 8 N–H and O–H groups in total. The molecule has 15 heterocycles. The van der Waals surface area contributed by atoms with E-state index in [-0.39, 0.29) is 38.9 Å². The van der Waals surface area contributed by atoms with Gasteiger partial charge < -0.3 is 39.9 Å². The largest absolute Gasteiger partial charge is 0.346 e. The summed E-state index contributed by atoms with van der Waals surface area (Å²) in [7, 11) is 0. The molecule has 0 radical (unpaired) electrons. The Labute approximate surface area is 858 Å². The summed E-state index contributed by atoms with van der Waals surface area (Å²) in [5.74, 6) is 0. The van der Waals surface area contributed by atoms with Crippen molar-refractivity contribution in [2.45, 2.75) is 20.8 Å². The Bertz CT molecular complexity index is 9490. The Morgan fingerprint density at radius 1 is 0.216 bits per heavy atom. The van der Waals surface area contributed by atoms with Crippen molar-refractivity contribution < 1.29 is 0 Å². The number of halogens is 3. The molecule has 0 saturated carbocycles. The molecule has 0 bridgehead atoms. The van der Waals surface area contributed by atoms with Crippen LogP contribution in [0.25, 0.3) is 212 Å². The monoisotopic (exact) mass is 1990 g/mol. The van der Waals surface area contributed by atoms with Gasteiger partial charge in [0.1, 0.15) is 33.9 Å². The van der Waals surface area contributed by atoms with E-state index in [1.165, 1.54) is 36.4 Å². The standard InChI is InChI=1S/C21H15ClN2O.C21H14N4O2.C21H17N3O.2C20H13ClN2O.C19H13N3O/c1-13-9-16(11-17(22)10-13)18-12-15-7-8-19(25)23-21(15)24-20(18)14-5-3-2-4-6-14;26-18-9-7-14-10-15(13-6-8-16-17(11-13)23-21(27)22-16)19(25-20(14)24-18)12-4-2-1-3-5-12;1-13-10-17(11-14(2)22-13)18-12-16-8-9-19(25)23-21(16)24-20(18)15-6-4-3-5-7-15;21-16-8-4-7-14(11-16)17-12-15-9-10-18(24)22-20(15)23-19(17)13-5-2-1-3-6-13;21-15-8-4-7-14(11-15)16-12-17-18(24)9-10-22-20(17)23-19(16)13-5-2-1-3-6-13;23-17-7-6-15-12-16(13-8-10-20-11-9-13)18(22-19(15)21-17)14-4-2-1-3-5-14/h2-12H,1H3,(H,23,24,25);1-11H,(H2,22,23,27)(H,24,25,26);3-12H,1-2H3,(H,23,24,25);2*1-12H,(H,22,23,24);1-12H,(H,21,22,23). The van der Waals surface area contributed by atoms with Crippen molar-refractivity contribution in [1.82, 2.24) is 79.7 Å². The lowest BCUT2D eigenvalue weighted by Crippen LogP contribution is -2.04. The van der Waals surface area contributed by atoms with Gasteiger partial charge in [0.15, 0.2) is 5.43 Å². The highest BCUT2D eigenvalue weighted by Crippen LogP contribution is 2.42. The van der Waals surface area contributed by atoms with Crippen LogP contribution < -0.4 is 38.9 Å².